The van der Waals surface area contributed by atoms with Gasteiger partial charge in [0.2, 0.25) is 0 Å². The van der Waals surface area contributed by atoms with Crippen LogP contribution in [-0.4, -0.2) is 16.7 Å². The van der Waals surface area contributed by atoms with E-state index in [0.29, 0.717) is 11.9 Å². The number of rotatable bonds is 5. The lowest BCUT2D eigenvalue weighted by atomic mass is 10.1. The van der Waals surface area contributed by atoms with Crippen LogP contribution in [0.5, 0.6) is 5.75 Å². The van der Waals surface area contributed by atoms with Gasteiger partial charge in [-0.3, -0.25) is 0 Å². The fraction of sp³-hybridized carbons (Fsp3) is 0.533. The molecule has 0 bridgehead atoms. The number of aromatic nitrogens is 2. The van der Waals surface area contributed by atoms with E-state index in [2.05, 4.69) is 22.5 Å². The Morgan fingerprint density at radius 2 is 2.26 bits per heavy atom. The third kappa shape index (κ3) is 2.32. The van der Waals surface area contributed by atoms with E-state index < -0.39 is 0 Å². The van der Waals surface area contributed by atoms with Gasteiger partial charge < -0.3 is 9.30 Å². The monoisotopic (exact) mass is 278 g/mol. The molecule has 4 heteroatoms. The highest BCUT2D eigenvalue weighted by atomic mass is 35.5. The standard InChI is InChI=1S/C15H19ClN2O/c1-10(8-11-6-7-11)18-12-4-3-5-13(19-2)15(12)17-14(18)9-16/h3-5,10-11H,6-9H2,1-2H3. The SMILES string of the molecule is COc1cccc2c1nc(CCl)n2C(C)CC1CC1. The van der Waals surface area contributed by atoms with Crippen LogP contribution in [0.25, 0.3) is 11.0 Å². The van der Waals surface area contributed by atoms with Crippen LogP contribution in [-0.2, 0) is 5.88 Å². The fourth-order valence-electron chi connectivity index (χ4n) is 2.83. The number of hydrogen-bond acceptors (Lipinski definition) is 2. The molecule has 0 radical (unpaired) electrons. The van der Waals surface area contributed by atoms with E-state index in [1.165, 1.54) is 19.3 Å². The lowest BCUT2D eigenvalue weighted by Gasteiger charge is -2.16. The first-order valence-electron chi connectivity index (χ1n) is 6.84. The summed E-state index contributed by atoms with van der Waals surface area (Å²) in [6.07, 6.45) is 3.96. The van der Waals surface area contributed by atoms with Gasteiger partial charge in [-0.15, -0.1) is 11.6 Å². The van der Waals surface area contributed by atoms with Crippen LogP contribution < -0.4 is 4.74 Å². The number of para-hydroxylation sites is 1. The quantitative estimate of drug-likeness (QED) is 0.769. The molecule has 1 heterocycles. The number of benzene rings is 1. The number of alkyl halides is 1. The van der Waals surface area contributed by atoms with Gasteiger partial charge in [0, 0.05) is 6.04 Å². The van der Waals surface area contributed by atoms with Crippen molar-refractivity contribution in [2.75, 3.05) is 7.11 Å². The Kier molecular flexibility index (Phi) is 3.40. The molecule has 0 saturated heterocycles. The normalized spacial score (nSPS) is 16.8. The van der Waals surface area contributed by atoms with Gasteiger partial charge in [-0.2, -0.15) is 0 Å². The van der Waals surface area contributed by atoms with Crippen LogP contribution in [0.1, 0.15) is 38.1 Å². The lowest BCUT2D eigenvalue weighted by molar-refractivity contribution is 0.419. The van der Waals surface area contributed by atoms with Crippen molar-refractivity contribution in [1.82, 2.24) is 9.55 Å². The zero-order chi connectivity index (χ0) is 13.4. The van der Waals surface area contributed by atoms with E-state index >= 15 is 0 Å². The van der Waals surface area contributed by atoms with Crippen LogP contribution >= 0.6 is 11.6 Å². The second-order valence-corrected chi connectivity index (χ2v) is 5.66. The second-order valence-electron chi connectivity index (χ2n) is 5.39. The predicted molar refractivity (Wildman–Crippen MR) is 77.9 cm³/mol. The molecular weight excluding hydrogens is 260 g/mol. The maximum Gasteiger partial charge on any atom is 0.146 e. The molecule has 1 unspecified atom stereocenters. The summed E-state index contributed by atoms with van der Waals surface area (Å²) in [6.45, 7) is 2.26. The zero-order valence-corrected chi connectivity index (χ0v) is 12.2. The van der Waals surface area contributed by atoms with Crippen molar-refractivity contribution in [3.8, 4) is 5.75 Å². The number of methoxy groups -OCH3 is 1. The van der Waals surface area contributed by atoms with Gasteiger partial charge in [0.05, 0.1) is 18.5 Å². The van der Waals surface area contributed by atoms with E-state index in [-0.39, 0.29) is 0 Å². The Morgan fingerprint density at radius 3 is 2.89 bits per heavy atom. The zero-order valence-electron chi connectivity index (χ0n) is 11.4. The molecule has 0 amide bonds. The van der Waals surface area contributed by atoms with Crippen molar-refractivity contribution in [1.29, 1.82) is 0 Å². The van der Waals surface area contributed by atoms with Gasteiger partial charge in [-0.1, -0.05) is 18.9 Å². The summed E-state index contributed by atoms with van der Waals surface area (Å²) in [6, 6.07) is 6.51. The molecule has 1 aliphatic rings. The minimum Gasteiger partial charge on any atom is -0.494 e. The topological polar surface area (TPSA) is 27.1 Å². The molecule has 1 aromatic carbocycles. The van der Waals surface area contributed by atoms with Crippen molar-refractivity contribution < 1.29 is 4.74 Å². The third-order valence-corrected chi connectivity index (χ3v) is 4.15. The number of imidazole rings is 1. The van der Waals surface area contributed by atoms with Crippen molar-refractivity contribution in [3.05, 3.63) is 24.0 Å². The highest BCUT2D eigenvalue weighted by Gasteiger charge is 2.26. The van der Waals surface area contributed by atoms with Crippen LogP contribution in [0, 0.1) is 5.92 Å². The number of halogens is 1. The van der Waals surface area contributed by atoms with E-state index in [1.807, 2.05) is 12.1 Å². The molecule has 3 nitrogen and oxygen atoms in total. The van der Waals surface area contributed by atoms with Gasteiger partial charge >= 0.3 is 0 Å². The highest BCUT2D eigenvalue weighted by molar-refractivity contribution is 6.16. The van der Waals surface area contributed by atoms with Gasteiger partial charge in [-0.25, -0.2) is 4.98 Å². The predicted octanol–water partition coefficient (Wildman–Crippen LogP) is 4.14. The molecule has 1 aromatic heterocycles. The minimum absolute atomic E-state index is 0.437. The fourth-order valence-corrected chi connectivity index (χ4v) is 3.02. The molecule has 1 saturated carbocycles. The Morgan fingerprint density at radius 1 is 1.47 bits per heavy atom. The van der Waals surface area contributed by atoms with Crippen LogP contribution in [0.2, 0.25) is 0 Å². The Hall–Kier alpha value is -1.22. The van der Waals surface area contributed by atoms with Crippen molar-refractivity contribution in [2.45, 2.75) is 38.1 Å². The molecule has 1 fully saturated rings. The molecule has 1 aliphatic carbocycles. The number of ether oxygens (including phenoxy) is 1. The van der Waals surface area contributed by atoms with E-state index in [4.69, 9.17) is 16.3 Å². The molecule has 0 spiro atoms. The summed E-state index contributed by atoms with van der Waals surface area (Å²) in [4.78, 5) is 4.66. The van der Waals surface area contributed by atoms with Gasteiger partial charge in [-0.05, 0) is 31.4 Å². The Labute approximate surface area is 118 Å². The van der Waals surface area contributed by atoms with Gasteiger partial charge in [0.15, 0.2) is 0 Å². The second kappa shape index (κ2) is 5.04. The maximum absolute atomic E-state index is 6.07. The molecule has 102 valence electrons. The molecule has 19 heavy (non-hydrogen) atoms. The molecule has 0 aliphatic heterocycles. The summed E-state index contributed by atoms with van der Waals surface area (Å²) in [5.74, 6) is 3.09. The average Bonchev–Trinajstić information content (AvgIpc) is 3.14. The summed E-state index contributed by atoms with van der Waals surface area (Å²) >= 11 is 6.07. The molecular formula is C15H19ClN2O. The van der Waals surface area contributed by atoms with Crippen LogP contribution in [0.15, 0.2) is 18.2 Å². The highest BCUT2D eigenvalue weighted by Crippen LogP contribution is 2.38. The van der Waals surface area contributed by atoms with E-state index in [1.54, 1.807) is 7.11 Å². The molecule has 2 aromatic rings. The molecule has 0 N–H and O–H groups in total. The molecule has 3 rings (SSSR count). The van der Waals surface area contributed by atoms with Crippen molar-refractivity contribution >= 4 is 22.6 Å². The van der Waals surface area contributed by atoms with E-state index in [9.17, 15) is 0 Å². The van der Waals surface area contributed by atoms with Gasteiger partial charge in [0.25, 0.3) is 0 Å². The number of fused-ring (bicyclic) bond motifs is 1. The van der Waals surface area contributed by atoms with Crippen LogP contribution in [0.4, 0.5) is 0 Å². The third-order valence-electron chi connectivity index (χ3n) is 3.91. The number of hydrogen-bond donors (Lipinski definition) is 0. The first kappa shape index (κ1) is 12.8. The largest absolute Gasteiger partial charge is 0.494 e. The van der Waals surface area contributed by atoms with Crippen LogP contribution in [0.3, 0.4) is 0 Å². The average molecular weight is 279 g/mol. The Balaban J connectivity index is 2.09. The summed E-state index contributed by atoms with van der Waals surface area (Å²) in [5, 5.41) is 0. The van der Waals surface area contributed by atoms with Crippen molar-refractivity contribution in [3.63, 3.8) is 0 Å². The van der Waals surface area contributed by atoms with E-state index in [0.717, 1.165) is 28.5 Å². The van der Waals surface area contributed by atoms with Crippen molar-refractivity contribution in [2.24, 2.45) is 5.92 Å². The molecule has 1 atom stereocenters. The minimum atomic E-state index is 0.437. The Bertz CT molecular complexity index is 589. The lowest BCUT2D eigenvalue weighted by Crippen LogP contribution is -2.09. The summed E-state index contributed by atoms with van der Waals surface area (Å²) in [7, 11) is 1.68. The smallest absolute Gasteiger partial charge is 0.146 e. The summed E-state index contributed by atoms with van der Waals surface area (Å²) < 4.78 is 7.68. The van der Waals surface area contributed by atoms with Gasteiger partial charge in [0.1, 0.15) is 17.1 Å². The first-order chi connectivity index (χ1) is 9.24. The first-order valence-corrected chi connectivity index (χ1v) is 7.37. The summed E-state index contributed by atoms with van der Waals surface area (Å²) in [5.41, 5.74) is 2.05. The maximum atomic E-state index is 6.07. The number of nitrogens with zero attached hydrogens (tertiary/aromatic N) is 2.